The van der Waals surface area contributed by atoms with Crippen molar-refractivity contribution in [2.75, 3.05) is 39.3 Å². The molecule has 1 amide bonds. The summed E-state index contributed by atoms with van der Waals surface area (Å²) in [6, 6.07) is 10.9. The van der Waals surface area contributed by atoms with Crippen molar-refractivity contribution in [3.05, 3.63) is 35.9 Å². The molecule has 1 aromatic rings. The molecule has 5 aliphatic rings. The Balaban J connectivity index is 1.13. The number of likely N-dealkylation sites (tertiary alicyclic amines) is 1. The Bertz CT molecular complexity index is 678. The van der Waals surface area contributed by atoms with Gasteiger partial charge in [0.1, 0.15) is 19.6 Å². The van der Waals surface area contributed by atoms with Crippen molar-refractivity contribution >= 4 is 5.91 Å². The molecule has 27 heavy (non-hydrogen) atoms. The van der Waals surface area contributed by atoms with E-state index in [0.29, 0.717) is 23.8 Å². The number of amides is 1. The van der Waals surface area contributed by atoms with Gasteiger partial charge in [-0.1, -0.05) is 30.3 Å². The summed E-state index contributed by atoms with van der Waals surface area (Å²) >= 11 is 0. The van der Waals surface area contributed by atoms with Gasteiger partial charge in [0, 0.05) is 43.4 Å². The molecule has 2 unspecified atom stereocenters. The van der Waals surface area contributed by atoms with Gasteiger partial charge in [0.05, 0.1) is 5.92 Å². The predicted octanol–water partition coefficient (Wildman–Crippen LogP) is 1.91. The van der Waals surface area contributed by atoms with Crippen LogP contribution in [0.2, 0.25) is 0 Å². The lowest BCUT2D eigenvalue weighted by atomic mass is 9.61. The molecule has 0 spiro atoms. The van der Waals surface area contributed by atoms with Crippen molar-refractivity contribution in [3.8, 4) is 0 Å². The summed E-state index contributed by atoms with van der Waals surface area (Å²) in [6.07, 6.45) is 4.42. The topological polar surface area (TPSA) is 52.6 Å². The summed E-state index contributed by atoms with van der Waals surface area (Å²) in [6.45, 7) is 5.62. The second kappa shape index (κ2) is 6.87. The summed E-state index contributed by atoms with van der Waals surface area (Å²) in [5.41, 5.74) is 1.38. The Labute approximate surface area is 161 Å². The molecule has 2 N–H and O–H groups in total. The zero-order chi connectivity index (χ0) is 18.4. The Morgan fingerprint density at radius 3 is 2.59 bits per heavy atom. The zero-order valence-electron chi connectivity index (χ0n) is 16.1. The van der Waals surface area contributed by atoms with E-state index in [1.807, 2.05) is 0 Å². The van der Waals surface area contributed by atoms with Gasteiger partial charge < -0.3 is 10.2 Å². The summed E-state index contributed by atoms with van der Waals surface area (Å²) < 4.78 is 0.237. The number of nitrogens with one attached hydrogen (secondary N) is 1. The predicted molar refractivity (Wildman–Crippen MR) is 103 cm³/mol. The minimum atomic E-state index is 0.137. The van der Waals surface area contributed by atoms with Crippen molar-refractivity contribution in [1.82, 2.24) is 10.2 Å². The fourth-order valence-corrected chi connectivity index (χ4v) is 6.54. The number of hydroxylamine groups is 3. The van der Waals surface area contributed by atoms with Crippen LogP contribution in [0.1, 0.15) is 24.8 Å². The SMILES string of the molecule is O=C(N[C@H]1CCN(CCc2ccccc2)C1)C1C2CC3CC1C[N+](O)(C3)C2. The first kappa shape index (κ1) is 17.7. The van der Waals surface area contributed by atoms with Crippen molar-refractivity contribution in [2.45, 2.75) is 31.7 Å². The minimum Gasteiger partial charge on any atom is -0.352 e. The third-order valence-electron chi connectivity index (χ3n) is 7.52. The second-order valence-electron chi connectivity index (χ2n) is 9.56. The van der Waals surface area contributed by atoms with Crippen LogP contribution < -0.4 is 5.32 Å². The van der Waals surface area contributed by atoms with E-state index in [0.717, 1.165) is 65.0 Å². The number of carbonyl (C=O) groups is 1. The lowest BCUT2D eigenvalue weighted by Gasteiger charge is -2.56. The van der Waals surface area contributed by atoms with Gasteiger partial charge in [-0.2, -0.15) is 4.65 Å². The molecule has 6 rings (SSSR count). The smallest absolute Gasteiger partial charge is 0.224 e. The average Bonchev–Trinajstić information content (AvgIpc) is 3.06. The van der Waals surface area contributed by atoms with Gasteiger partial charge in [-0.05, 0) is 31.2 Å². The van der Waals surface area contributed by atoms with Crippen molar-refractivity contribution < 1.29 is 14.6 Å². The van der Waals surface area contributed by atoms with E-state index in [2.05, 4.69) is 40.5 Å². The van der Waals surface area contributed by atoms with E-state index in [1.54, 1.807) is 0 Å². The molecular weight excluding hydrogens is 338 g/mol. The van der Waals surface area contributed by atoms with Crippen molar-refractivity contribution in [1.29, 1.82) is 0 Å². The van der Waals surface area contributed by atoms with Crippen LogP contribution in [-0.2, 0) is 11.2 Å². The summed E-state index contributed by atoms with van der Waals surface area (Å²) in [5.74, 6) is 1.81. The summed E-state index contributed by atoms with van der Waals surface area (Å²) in [7, 11) is 0. The van der Waals surface area contributed by atoms with Gasteiger partial charge >= 0.3 is 0 Å². The maximum atomic E-state index is 13.1. The van der Waals surface area contributed by atoms with Crippen LogP contribution in [0.25, 0.3) is 0 Å². The minimum absolute atomic E-state index is 0.137. The lowest BCUT2D eigenvalue weighted by molar-refractivity contribution is -1.12. The molecule has 1 saturated carbocycles. The molecule has 4 aliphatic heterocycles. The molecular formula is C22H32N3O2+. The number of quaternary nitrogens is 1. The first-order valence-corrected chi connectivity index (χ1v) is 10.7. The largest absolute Gasteiger partial charge is 0.352 e. The highest BCUT2D eigenvalue weighted by Gasteiger charge is 2.58. The number of benzene rings is 1. The Hall–Kier alpha value is -1.43. The van der Waals surface area contributed by atoms with Gasteiger partial charge in [0.2, 0.25) is 5.91 Å². The third-order valence-corrected chi connectivity index (χ3v) is 7.52. The van der Waals surface area contributed by atoms with Crippen LogP contribution in [0.4, 0.5) is 0 Å². The van der Waals surface area contributed by atoms with Gasteiger partial charge in [-0.25, -0.2) is 5.21 Å². The van der Waals surface area contributed by atoms with Crippen LogP contribution in [0.15, 0.2) is 30.3 Å². The Morgan fingerprint density at radius 2 is 1.89 bits per heavy atom. The van der Waals surface area contributed by atoms with Crippen molar-refractivity contribution in [3.63, 3.8) is 0 Å². The highest BCUT2D eigenvalue weighted by Crippen LogP contribution is 2.49. The molecule has 1 aliphatic carbocycles. The zero-order valence-corrected chi connectivity index (χ0v) is 16.1. The number of hydrogen-bond donors (Lipinski definition) is 2. The van der Waals surface area contributed by atoms with E-state index in [1.165, 1.54) is 5.56 Å². The number of nitrogens with zero attached hydrogens (tertiary/aromatic N) is 2. The van der Waals surface area contributed by atoms with E-state index < -0.39 is 0 Å². The normalized spacial score (nSPS) is 40.4. The maximum Gasteiger partial charge on any atom is 0.224 e. The Morgan fingerprint density at radius 1 is 1.15 bits per heavy atom. The van der Waals surface area contributed by atoms with Crippen LogP contribution in [0.3, 0.4) is 0 Å². The molecule has 4 saturated heterocycles. The summed E-state index contributed by atoms with van der Waals surface area (Å²) in [4.78, 5) is 15.5. The molecule has 5 heteroatoms. The molecule has 0 radical (unpaired) electrons. The number of hydrogen-bond acceptors (Lipinski definition) is 3. The fourth-order valence-electron chi connectivity index (χ4n) is 6.54. The van der Waals surface area contributed by atoms with E-state index >= 15 is 0 Å². The highest BCUT2D eigenvalue weighted by atomic mass is 16.5. The first-order chi connectivity index (χ1) is 13.1. The van der Waals surface area contributed by atoms with E-state index in [4.69, 9.17) is 0 Å². The molecule has 0 aromatic heterocycles. The fraction of sp³-hybridized carbons (Fsp3) is 0.682. The quantitative estimate of drug-likeness (QED) is 0.779. The monoisotopic (exact) mass is 370 g/mol. The van der Waals surface area contributed by atoms with E-state index in [9.17, 15) is 10.0 Å². The molecule has 5 nitrogen and oxygen atoms in total. The number of piperidine rings is 3. The molecule has 5 fully saturated rings. The lowest BCUT2D eigenvalue weighted by Crippen LogP contribution is -2.69. The second-order valence-corrected chi connectivity index (χ2v) is 9.56. The van der Waals surface area contributed by atoms with Crippen LogP contribution in [-0.4, -0.2) is 66.0 Å². The first-order valence-electron chi connectivity index (χ1n) is 10.7. The third kappa shape index (κ3) is 3.53. The average molecular weight is 371 g/mol. The Kier molecular flexibility index (Phi) is 4.49. The molecule has 3 atom stereocenters. The molecule has 4 heterocycles. The van der Waals surface area contributed by atoms with E-state index in [-0.39, 0.29) is 16.5 Å². The van der Waals surface area contributed by atoms with Gasteiger partial charge in [-0.3, -0.25) is 4.79 Å². The number of rotatable bonds is 5. The van der Waals surface area contributed by atoms with Crippen LogP contribution >= 0.6 is 0 Å². The van der Waals surface area contributed by atoms with Crippen LogP contribution in [0.5, 0.6) is 0 Å². The number of carbonyl (C=O) groups excluding carboxylic acids is 1. The van der Waals surface area contributed by atoms with Gasteiger partial charge in [-0.15, -0.1) is 0 Å². The van der Waals surface area contributed by atoms with Crippen LogP contribution in [0, 0.1) is 23.7 Å². The maximum absolute atomic E-state index is 13.1. The molecule has 1 aromatic carbocycles. The standard InChI is InChI=1S/C22H31N3O2/c26-22(21-18-10-17-11-19(21)15-25(27,13-17)14-18)23-20-7-9-24(12-20)8-6-16-4-2-1-3-5-16/h1-5,17-21,27H,6-15H2/p+1/t17?,18?,19?,20-,21?,25?/m0/s1. The summed E-state index contributed by atoms with van der Waals surface area (Å²) in [5, 5.41) is 14.1. The molecule has 146 valence electrons. The van der Waals surface area contributed by atoms with Crippen molar-refractivity contribution in [2.24, 2.45) is 23.7 Å². The van der Waals surface area contributed by atoms with Gasteiger partial charge in [0.15, 0.2) is 0 Å². The molecule has 4 bridgehead atoms. The highest BCUT2D eigenvalue weighted by molar-refractivity contribution is 5.80. The van der Waals surface area contributed by atoms with Gasteiger partial charge in [0.25, 0.3) is 0 Å².